The van der Waals surface area contributed by atoms with Crippen LogP contribution in [0.2, 0.25) is 0 Å². The fraction of sp³-hybridized carbons (Fsp3) is 0.286. The molecule has 0 amide bonds. The number of hydrogen-bond donors (Lipinski definition) is 0. The molecule has 79 valence electrons. The smallest absolute Gasteiger partial charge is 1.00 e. The van der Waals surface area contributed by atoms with Gasteiger partial charge in [0.15, 0.2) is 0 Å². The second kappa shape index (κ2) is 8.01. The normalized spacial score (nSPS) is 12.6. The molecule has 1 rings (SSSR count). The van der Waals surface area contributed by atoms with Crippen LogP contribution in [0.25, 0.3) is 0 Å². The molecule has 0 aliphatic heterocycles. The Bertz CT molecular complexity index is 377. The SMILES string of the molecule is C[CH-]C(C)=C(C)[C](C)=[Ge][c]1ccccc1.[Li+]. The van der Waals surface area contributed by atoms with Crippen molar-refractivity contribution in [1.82, 2.24) is 0 Å². The molecular formula is C14H18GeLi. The van der Waals surface area contributed by atoms with Gasteiger partial charge in [-0.25, -0.2) is 0 Å². The fourth-order valence-electron chi connectivity index (χ4n) is 1.34. The molecule has 0 atom stereocenters. The molecule has 16 heavy (non-hydrogen) atoms. The third kappa shape index (κ3) is 4.78. The Kier molecular flexibility index (Phi) is 7.93. The summed E-state index contributed by atoms with van der Waals surface area (Å²) in [4.78, 5) is 0. The van der Waals surface area contributed by atoms with Crippen LogP contribution in [0, 0.1) is 6.42 Å². The van der Waals surface area contributed by atoms with Crippen molar-refractivity contribution in [2.45, 2.75) is 27.7 Å². The van der Waals surface area contributed by atoms with E-state index >= 15 is 0 Å². The molecule has 0 fully saturated rings. The van der Waals surface area contributed by atoms with Crippen molar-refractivity contribution >= 4 is 23.7 Å². The van der Waals surface area contributed by atoms with E-state index in [1.54, 1.807) is 4.35 Å². The third-order valence-corrected chi connectivity index (χ3v) is 5.57. The van der Waals surface area contributed by atoms with E-state index in [4.69, 9.17) is 0 Å². The van der Waals surface area contributed by atoms with Gasteiger partial charge in [0.25, 0.3) is 0 Å². The van der Waals surface area contributed by atoms with Gasteiger partial charge in [-0.15, -0.1) is 0 Å². The molecule has 0 saturated carbocycles. The zero-order valence-corrected chi connectivity index (χ0v) is 13.1. The average Bonchev–Trinajstić information content (AvgIpc) is 2.28. The first-order valence-electron chi connectivity index (χ1n) is 5.28. The second-order valence-corrected chi connectivity index (χ2v) is 7.02. The van der Waals surface area contributed by atoms with Gasteiger partial charge in [0.2, 0.25) is 0 Å². The van der Waals surface area contributed by atoms with E-state index in [2.05, 4.69) is 64.4 Å². The first kappa shape index (κ1) is 15.8. The molecule has 0 aromatic heterocycles. The van der Waals surface area contributed by atoms with Crippen LogP contribution in [0.1, 0.15) is 27.7 Å². The fourth-order valence-corrected chi connectivity index (χ4v) is 3.81. The number of benzene rings is 1. The maximum atomic E-state index is 2.27. The van der Waals surface area contributed by atoms with Crippen LogP contribution in [0.4, 0.5) is 0 Å². The van der Waals surface area contributed by atoms with Gasteiger partial charge in [0.1, 0.15) is 0 Å². The van der Waals surface area contributed by atoms with Crippen molar-refractivity contribution in [1.29, 1.82) is 0 Å². The third-order valence-electron chi connectivity index (χ3n) is 2.69. The predicted molar refractivity (Wildman–Crippen MR) is 70.9 cm³/mol. The van der Waals surface area contributed by atoms with Gasteiger partial charge < -0.3 is 0 Å². The van der Waals surface area contributed by atoms with Crippen LogP contribution >= 0.6 is 0 Å². The van der Waals surface area contributed by atoms with Crippen LogP contribution in [-0.2, 0) is 0 Å². The predicted octanol–water partition coefficient (Wildman–Crippen LogP) is -0.227. The minimum atomic E-state index is -0.118. The molecule has 0 N–H and O–H groups in total. The van der Waals surface area contributed by atoms with Crippen molar-refractivity contribution < 1.29 is 18.9 Å². The zero-order valence-electron chi connectivity index (χ0n) is 11.0. The van der Waals surface area contributed by atoms with E-state index in [-0.39, 0.29) is 33.9 Å². The summed E-state index contributed by atoms with van der Waals surface area (Å²) in [7, 11) is 0. The number of allylic oxidation sites excluding steroid dienone is 2. The topological polar surface area (TPSA) is 0 Å². The number of hydrogen-bond acceptors (Lipinski definition) is 0. The number of rotatable bonds is 3. The quantitative estimate of drug-likeness (QED) is 0.524. The van der Waals surface area contributed by atoms with E-state index in [0.717, 1.165) is 0 Å². The molecular weight excluding hydrogens is 248 g/mol. The Hall–Kier alpha value is -0.160. The molecule has 1 radical (unpaired) electrons. The average molecular weight is 266 g/mol. The maximum Gasteiger partial charge on any atom is 1.00 e. The first-order valence-corrected chi connectivity index (χ1v) is 7.37. The zero-order chi connectivity index (χ0) is 11.3. The van der Waals surface area contributed by atoms with Gasteiger partial charge in [-0.1, -0.05) is 0 Å². The summed E-state index contributed by atoms with van der Waals surface area (Å²) in [6, 6.07) is 10.8. The van der Waals surface area contributed by atoms with Crippen molar-refractivity contribution in [3.8, 4) is 0 Å². The van der Waals surface area contributed by atoms with Gasteiger partial charge in [-0.2, -0.15) is 0 Å². The van der Waals surface area contributed by atoms with Gasteiger partial charge in [-0.05, 0) is 0 Å². The van der Waals surface area contributed by atoms with Crippen LogP contribution in [0.3, 0.4) is 0 Å². The van der Waals surface area contributed by atoms with Crippen molar-refractivity contribution in [3.63, 3.8) is 0 Å². The summed E-state index contributed by atoms with van der Waals surface area (Å²) in [6.45, 7) is 8.80. The van der Waals surface area contributed by atoms with E-state index < -0.39 is 0 Å². The van der Waals surface area contributed by atoms with Crippen LogP contribution in [0.15, 0.2) is 41.5 Å². The van der Waals surface area contributed by atoms with Crippen LogP contribution in [0.5, 0.6) is 0 Å². The van der Waals surface area contributed by atoms with Crippen LogP contribution < -0.4 is 23.3 Å². The summed E-state index contributed by atoms with van der Waals surface area (Å²) < 4.78 is 3.09. The van der Waals surface area contributed by atoms with Crippen molar-refractivity contribution in [3.05, 3.63) is 47.9 Å². The summed E-state index contributed by atoms with van der Waals surface area (Å²) in [6.07, 6.45) is 2.19. The minimum absolute atomic E-state index is 0. The maximum absolute atomic E-state index is 2.27. The Balaban J connectivity index is 0.00000225. The van der Waals surface area contributed by atoms with Gasteiger partial charge in [0.05, 0.1) is 0 Å². The van der Waals surface area contributed by atoms with E-state index in [0.29, 0.717) is 0 Å². The first-order chi connectivity index (χ1) is 7.15. The van der Waals surface area contributed by atoms with Crippen LogP contribution in [-0.4, -0.2) is 19.3 Å². The van der Waals surface area contributed by atoms with E-state index in [1.165, 1.54) is 15.5 Å². The molecule has 0 spiro atoms. The molecule has 0 nitrogen and oxygen atoms in total. The van der Waals surface area contributed by atoms with E-state index in [9.17, 15) is 0 Å². The molecule has 0 bridgehead atoms. The Morgan fingerprint density at radius 2 is 1.62 bits per heavy atom. The molecule has 0 saturated heterocycles. The van der Waals surface area contributed by atoms with Gasteiger partial charge >= 0.3 is 118 Å². The molecule has 1 aromatic rings. The Morgan fingerprint density at radius 3 is 2.12 bits per heavy atom. The largest absolute Gasteiger partial charge is 1.00 e. The summed E-state index contributed by atoms with van der Waals surface area (Å²) in [5.74, 6) is 0. The van der Waals surface area contributed by atoms with Gasteiger partial charge in [0, 0.05) is 0 Å². The molecule has 0 unspecified atom stereocenters. The molecule has 0 heterocycles. The summed E-state index contributed by atoms with van der Waals surface area (Å²) >= 11 is -0.118. The molecule has 2 heteroatoms. The minimum Gasteiger partial charge on any atom is 1.00 e. The summed E-state index contributed by atoms with van der Waals surface area (Å²) in [5.41, 5.74) is 2.88. The molecule has 1 aromatic carbocycles. The Labute approximate surface area is 118 Å². The van der Waals surface area contributed by atoms with Gasteiger partial charge in [-0.3, -0.25) is 0 Å². The molecule has 0 aliphatic rings. The van der Waals surface area contributed by atoms with Crippen molar-refractivity contribution in [2.24, 2.45) is 0 Å². The monoisotopic (exact) mass is 267 g/mol. The Morgan fingerprint density at radius 1 is 1.06 bits per heavy atom. The standard InChI is InChI=1S/C14H18Ge.Li/c1-5-11(2)12(3)13(4)15-14-9-7-6-8-10-14;/h5-10H,1-4H3;/q-1;+1. The van der Waals surface area contributed by atoms with E-state index in [1.807, 2.05) is 0 Å². The molecule has 0 aliphatic carbocycles. The van der Waals surface area contributed by atoms with Crippen molar-refractivity contribution in [2.75, 3.05) is 0 Å². The summed E-state index contributed by atoms with van der Waals surface area (Å²) in [5, 5.41) is 0. The second-order valence-electron chi connectivity index (χ2n) is 3.71.